The van der Waals surface area contributed by atoms with Gasteiger partial charge in [0.25, 0.3) is 0 Å². The van der Waals surface area contributed by atoms with Crippen LogP contribution in [0.1, 0.15) is 21.5 Å². The van der Waals surface area contributed by atoms with Crippen molar-refractivity contribution in [3.05, 3.63) is 71.3 Å². The average Bonchev–Trinajstić information content (AvgIpc) is 2.67. The SMILES string of the molecule is COc1ccc(/C=C/C(=O)c2cccc(CN3CCNCC3)c2)cc1. The zero-order valence-electron chi connectivity index (χ0n) is 14.6. The maximum Gasteiger partial charge on any atom is 0.185 e. The summed E-state index contributed by atoms with van der Waals surface area (Å²) in [6.07, 6.45) is 3.47. The molecule has 2 aromatic rings. The van der Waals surface area contributed by atoms with Crippen LogP contribution in [0.5, 0.6) is 5.75 Å². The van der Waals surface area contributed by atoms with Crippen LogP contribution in [0.3, 0.4) is 0 Å². The van der Waals surface area contributed by atoms with E-state index in [1.165, 1.54) is 5.56 Å². The maximum atomic E-state index is 12.5. The molecule has 1 saturated heterocycles. The van der Waals surface area contributed by atoms with Gasteiger partial charge in [-0.1, -0.05) is 36.4 Å². The summed E-state index contributed by atoms with van der Waals surface area (Å²) >= 11 is 0. The highest BCUT2D eigenvalue weighted by molar-refractivity contribution is 6.06. The van der Waals surface area contributed by atoms with Crippen molar-refractivity contribution in [1.82, 2.24) is 10.2 Å². The number of allylic oxidation sites excluding steroid dienone is 1. The molecule has 0 aliphatic carbocycles. The number of ether oxygens (including phenoxy) is 1. The summed E-state index contributed by atoms with van der Waals surface area (Å²) in [5.74, 6) is 0.835. The van der Waals surface area contributed by atoms with E-state index >= 15 is 0 Å². The second kappa shape index (κ2) is 8.60. The molecular weight excluding hydrogens is 312 g/mol. The minimum absolute atomic E-state index is 0.0259. The summed E-state index contributed by atoms with van der Waals surface area (Å²) in [5, 5.41) is 3.36. The van der Waals surface area contributed by atoms with E-state index in [9.17, 15) is 4.79 Å². The third kappa shape index (κ3) is 5.02. The molecule has 1 heterocycles. The summed E-state index contributed by atoms with van der Waals surface area (Å²) in [6.45, 7) is 5.06. The van der Waals surface area contributed by atoms with Crippen molar-refractivity contribution in [3.8, 4) is 5.75 Å². The third-order valence-corrected chi connectivity index (χ3v) is 4.37. The molecule has 1 aliphatic heterocycles. The van der Waals surface area contributed by atoms with Gasteiger partial charge in [0.2, 0.25) is 0 Å². The lowest BCUT2D eigenvalue weighted by Crippen LogP contribution is -2.42. The van der Waals surface area contributed by atoms with Crippen molar-refractivity contribution in [2.75, 3.05) is 33.3 Å². The number of rotatable bonds is 6. The number of ketones is 1. The number of piperazine rings is 1. The Morgan fingerprint density at radius 1 is 1.16 bits per heavy atom. The van der Waals surface area contributed by atoms with Crippen molar-refractivity contribution in [1.29, 1.82) is 0 Å². The lowest BCUT2D eigenvalue weighted by Gasteiger charge is -2.27. The standard InChI is InChI=1S/C21H24N2O2/c1-25-20-8-5-17(6-9-20)7-10-21(24)19-4-2-3-18(15-19)16-23-13-11-22-12-14-23/h2-10,15,22H,11-14,16H2,1H3/b10-7+. The van der Waals surface area contributed by atoms with Gasteiger partial charge in [0.1, 0.15) is 5.75 Å². The van der Waals surface area contributed by atoms with E-state index in [4.69, 9.17) is 4.74 Å². The Morgan fingerprint density at radius 3 is 2.64 bits per heavy atom. The van der Waals surface area contributed by atoms with Crippen LogP contribution in [0, 0.1) is 0 Å². The predicted molar refractivity (Wildman–Crippen MR) is 101 cm³/mol. The van der Waals surface area contributed by atoms with Crippen LogP contribution in [-0.2, 0) is 6.54 Å². The van der Waals surface area contributed by atoms with Gasteiger partial charge in [0.05, 0.1) is 7.11 Å². The third-order valence-electron chi connectivity index (χ3n) is 4.37. The van der Waals surface area contributed by atoms with Crippen molar-refractivity contribution < 1.29 is 9.53 Å². The second-order valence-corrected chi connectivity index (χ2v) is 6.20. The zero-order chi connectivity index (χ0) is 17.5. The van der Waals surface area contributed by atoms with Gasteiger partial charge in [-0.15, -0.1) is 0 Å². The highest BCUT2D eigenvalue weighted by atomic mass is 16.5. The maximum absolute atomic E-state index is 12.5. The largest absolute Gasteiger partial charge is 0.497 e. The smallest absolute Gasteiger partial charge is 0.185 e. The van der Waals surface area contributed by atoms with E-state index in [1.807, 2.05) is 48.5 Å². The molecule has 0 bridgehead atoms. The molecule has 3 rings (SSSR count). The monoisotopic (exact) mass is 336 g/mol. The lowest BCUT2D eigenvalue weighted by atomic mass is 10.1. The van der Waals surface area contributed by atoms with Crippen LogP contribution in [-0.4, -0.2) is 44.0 Å². The fourth-order valence-corrected chi connectivity index (χ4v) is 2.93. The van der Waals surface area contributed by atoms with E-state index in [0.29, 0.717) is 0 Å². The Morgan fingerprint density at radius 2 is 1.92 bits per heavy atom. The van der Waals surface area contributed by atoms with Gasteiger partial charge >= 0.3 is 0 Å². The average molecular weight is 336 g/mol. The molecule has 1 fully saturated rings. The molecule has 0 saturated carbocycles. The number of carbonyl (C=O) groups is 1. The molecule has 130 valence electrons. The molecule has 0 amide bonds. The summed E-state index contributed by atoms with van der Waals surface area (Å²) in [5.41, 5.74) is 2.90. The van der Waals surface area contributed by atoms with Gasteiger partial charge in [-0.05, 0) is 35.4 Å². The summed E-state index contributed by atoms with van der Waals surface area (Å²) in [4.78, 5) is 14.9. The van der Waals surface area contributed by atoms with Gasteiger partial charge < -0.3 is 10.1 Å². The van der Waals surface area contributed by atoms with Crippen LogP contribution < -0.4 is 10.1 Å². The van der Waals surface area contributed by atoms with Gasteiger partial charge in [-0.2, -0.15) is 0 Å². The second-order valence-electron chi connectivity index (χ2n) is 6.20. The van der Waals surface area contributed by atoms with Crippen LogP contribution in [0.4, 0.5) is 0 Å². The van der Waals surface area contributed by atoms with Gasteiger partial charge in [0, 0.05) is 38.3 Å². The number of methoxy groups -OCH3 is 1. The molecule has 0 spiro atoms. The number of hydrogen-bond donors (Lipinski definition) is 1. The zero-order valence-corrected chi connectivity index (χ0v) is 14.6. The Bertz CT molecular complexity index is 732. The number of benzene rings is 2. The molecule has 4 heteroatoms. The molecule has 1 aliphatic rings. The number of carbonyl (C=O) groups excluding carboxylic acids is 1. The first kappa shape index (κ1) is 17.4. The highest BCUT2D eigenvalue weighted by Gasteiger charge is 2.10. The van der Waals surface area contributed by atoms with Crippen LogP contribution in [0.15, 0.2) is 54.6 Å². The molecule has 1 N–H and O–H groups in total. The lowest BCUT2D eigenvalue weighted by molar-refractivity contribution is 0.104. The quantitative estimate of drug-likeness (QED) is 0.650. The molecule has 25 heavy (non-hydrogen) atoms. The highest BCUT2D eigenvalue weighted by Crippen LogP contribution is 2.14. The molecule has 4 nitrogen and oxygen atoms in total. The Balaban J connectivity index is 1.64. The van der Waals surface area contributed by atoms with Gasteiger partial charge in [-0.3, -0.25) is 9.69 Å². The minimum atomic E-state index is 0.0259. The van der Waals surface area contributed by atoms with Crippen molar-refractivity contribution >= 4 is 11.9 Å². The van der Waals surface area contributed by atoms with E-state index in [1.54, 1.807) is 13.2 Å². The molecular formula is C21H24N2O2. The first-order chi connectivity index (χ1) is 12.2. The normalized spacial score (nSPS) is 15.4. The van der Waals surface area contributed by atoms with Gasteiger partial charge in [0.15, 0.2) is 5.78 Å². The van der Waals surface area contributed by atoms with Crippen LogP contribution in [0.25, 0.3) is 6.08 Å². The van der Waals surface area contributed by atoms with Crippen LogP contribution in [0.2, 0.25) is 0 Å². The first-order valence-electron chi connectivity index (χ1n) is 8.63. The Hall–Kier alpha value is -2.43. The first-order valence-corrected chi connectivity index (χ1v) is 8.63. The molecule has 0 radical (unpaired) electrons. The minimum Gasteiger partial charge on any atom is -0.497 e. The fourth-order valence-electron chi connectivity index (χ4n) is 2.93. The Labute approximate surface area is 149 Å². The van der Waals surface area contributed by atoms with Crippen molar-refractivity contribution in [2.45, 2.75) is 6.54 Å². The topological polar surface area (TPSA) is 41.6 Å². The summed E-state index contributed by atoms with van der Waals surface area (Å²) in [6, 6.07) is 15.6. The van der Waals surface area contributed by atoms with Gasteiger partial charge in [-0.25, -0.2) is 0 Å². The molecule has 0 atom stereocenters. The van der Waals surface area contributed by atoms with E-state index < -0.39 is 0 Å². The number of nitrogens with zero attached hydrogens (tertiary/aromatic N) is 1. The summed E-state index contributed by atoms with van der Waals surface area (Å²) < 4.78 is 5.14. The molecule has 0 aromatic heterocycles. The van der Waals surface area contributed by atoms with Crippen LogP contribution >= 0.6 is 0 Å². The van der Waals surface area contributed by atoms with E-state index in [-0.39, 0.29) is 5.78 Å². The van der Waals surface area contributed by atoms with E-state index in [2.05, 4.69) is 16.3 Å². The van der Waals surface area contributed by atoms with E-state index in [0.717, 1.165) is 49.6 Å². The molecule has 0 unspecified atom stereocenters. The molecule has 2 aromatic carbocycles. The fraction of sp³-hybridized carbons (Fsp3) is 0.286. The predicted octanol–water partition coefficient (Wildman–Crippen LogP) is 3.00. The number of nitrogens with one attached hydrogen (secondary N) is 1. The van der Waals surface area contributed by atoms with Crippen molar-refractivity contribution in [3.63, 3.8) is 0 Å². The Kier molecular flexibility index (Phi) is 5.99. The van der Waals surface area contributed by atoms with Crippen molar-refractivity contribution in [2.24, 2.45) is 0 Å². The number of hydrogen-bond acceptors (Lipinski definition) is 4. The summed E-state index contributed by atoms with van der Waals surface area (Å²) in [7, 11) is 1.64.